The van der Waals surface area contributed by atoms with E-state index in [1.807, 2.05) is 0 Å². The number of pyridine rings is 1. The summed E-state index contributed by atoms with van der Waals surface area (Å²) in [5.41, 5.74) is 0.250. The molecule has 1 saturated heterocycles. The zero-order valence-electron chi connectivity index (χ0n) is 11.3. The van der Waals surface area contributed by atoms with Crippen molar-refractivity contribution < 1.29 is 19.5 Å². The molecule has 2 rings (SSSR count). The number of hydrogen-bond acceptors (Lipinski definition) is 4. The van der Waals surface area contributed by atoms with Gasteiger partial charge in [0.2, 0.25) is 5.91 Å². The summed E-state index contributed by atoms with van der Waals surface area (Å²) in [5.74, 6) is -0.811. The molecule has 0 aliphatic carbocycles. The third-order valence-electron chi connectivity index (χ3n) is 3.21. The molecule has 1 atom stereocenters. The first-order valence-electron chi connectivity index (χ1n) is 6.56. The lowest BCUT2D eigenvalue weighted by Gasteiger charge is -2.20. The molecule has 1 aromatic rings. The summed E-state index contributed by atoms with van der Waals surface area (Å²) < 4.78 is 0. The van der Waals surface area contributed by atoms with Gasteiger partial charge in [-0.1, -0.05) is 6.07 Å². The van der Waals surface area contributed by atoms with Gasteiger partial charge in [-0.2, -0.15) is 0 Å². The highest BCUT2D eigenvalue weighted by Crippen LogP contribution is 2.16. The Morgan fingerprint density at radius 1 is 1.33 bits per heavy atom. The Bertz CT molecular complexity index is 534. The number of carbonyl (C=O) groups is 3. The fourth-order valence-electron chi connectivity index (χ4n) is 2.19. The number of nitrogens with zero attached hydrogens (tertiary/aromatic N) is 2. The van der Waals surface area contributed by atoms with Crippen LogP contribution in [0.1, 0.15) is 23.3 Å². The van der Waals surface area contributed by atoms with Crippen molar-refractivity contribution >= 4 is 17.9 Å². The van der Waals surface area contributed by atoms with Crippen molar-refractivity contribution in [1.29, 1.82) is 0 Å². The minimum Gasteiger partial charge on any atom is -0.465 e. The van der Waals surface area contributed by atoms with E-state index in [1.165, 1.54) is 6.20 Å². The van der Waals surface area contributed by atoms with Crippen LogP contribution in [0, 0.1) is 0 Å². The molecule has 21 heavy (non-hydrogen) atoms. The molecule has 0 radical (unpaired) electrons. The maximum atomic E-state index is 11.9. The molecule has 112 valence electrons. The normalized spacial score (nSPS) is 17.3. The quantitative estimate of drug-likeness (QED) is 0.678. The van der Waals surface area contributed by atoms with Gasteiger partial charge < -0.3 is 15.7 Å². The van der Waals surface area contributed by atoms with Crippen LogP contribution >= 0.6 is 0 Å². The molecule has 1 aliphatic rings. The lowest BCUT2D eigenvalue weighted by molar-refractivity contribution is -0.125. The summed E-state index contributed by atoms with van der Waals surface area (Å²) in [6.45, 7) is 0.284. The molecule has 8 nitrogen and oxygen atoms in total. The molecule has 3 N–H and O–H groups in total. The first-order chi connectivity index (χ1) is 10.1. The first kappa shape index (κ1) is 14.8. The summed E-state index contributed by atoms with van der Waals surface area (Å²) >= 11 is 0. The maximum absolute atomic E-state index is 11.9. The van der Waals surface area contributed by atoms with Crippen LogP contribution in [0.5, 0.6) is 0 Å². The van der Waals surface area contributed by atoms with Gasteiger partial charge >= 0.3 is 6.09 Å². The van der Waals surface area contributed by atoms with Crippen LogP contribution in [-0.2, 0) is 4.79 Å². The smallest absolute Gasteiger partial charge is 0.407 e. The van der Waals surface area contributed by atoms with Gasteiger partial charge in [-0.15, -0.1) is 0 Å². The average molecular weight is 292 g/mol. The minimum absolute atomic E-state index is 0.0712. The number of nitrogens with one attached hydrogen (secondary N) is 2. The van der Waals surface area contributed by atoms with Crippen LogP contribution in [-0.4, -0.2) is 52.2 Å². The molecular formula is C13H16N4O4. The van der Waals surface area contributed by atoms with Crippen molar-refractivity contribution in [2.75, 3.05) is 13.2 Å². The van der Waals surface area contributed by atoms with Crippen molar-refractivity contribution in [2.45, 2.75) is 18.9 Å². The van der Waals surface area contributed by atoms with Gasteiger partial charge in [-0.3, -0.25) is 19.5 Å². The standard InChI is InChI=1S/C13H16N4O4/c18-11(9-4-1-2-6-14-9)15-8-16-12(19)10-5-3-7-17(10)13(20)21/h1-2,4,6,10H,3,5,7-8H2,(H,15,18)(H,16,19)(H,20,21)/t10-/m0/s1. The van der Waals surface area contributed by atoms with Gasteiger partial charge in [0.1, 0.15) is 11.7 Å². The van der Waals surface area contributed by atoms with Gasteiger partial charge in [0.15, 0.2) is 0 Å². The molecule has 0 aromatic carbocycles. The van der Waals surface area contributed by atoms with E-state index in [4.69, 9.17) is 5.11 Å². The molecule has 0 bridgehead atoms. The SMILES string of the molecule is O=C(NCNC(=O)[C@@H]1CCCN1C(=O)O)c1ccccn1. The lowest BCUT2D eigenvalue weighted by atomic mass is 10.2. The van der Waals surface area contributed by atoms with Crippen molar-refractivity contribution in [1.82, 2.24) is 20.5 Å². The van der Waals surface area contributed by atoms with E-state index in [0.717, 1.165) is 4.90 Å². The highest BCUT2D eigenvalue weighted by atomic mass is 16.4. The predicted molar refractivity (Wildman–Crippen MR) is 72.5 cm³/mol. The summed E-state index contributed by atoms with van der Waals surface area (Å²) in [4.78, 5) is 39.5. The van der Waals surface area contributed by atoms with Crippen molar-refractivity contribution in [3.8, 4) is 0 Å². The summed E-state index contributed by atoms with van der Waals surface area (Å²) in [5, 5.41) is 14.0. The van der Waals surface area contributed by atoms with Crippen LogP contribution in [0.15, 0.2) is 24.4 Å². The van der Waals surface area contributed by atoms with Crippen LogP contribution in [0.4, 0.5) is 4.79 Å². The van der Waals surface area contributed by atoms with Crippen molar-refractivity contribution in [3.05, 3.63) is 30.1 Å². The van der Waals surface area contributed by atoms with Gasteiger partial charge in [-0.25, -0.2) is 4.79 Å². The number of aromatic nitrogens is 1. The van der Waals surface area contributed by atoms with Gasteiger partial charge in [0.25, 0.3) is 5.91 Å². The van der Waals surface area contributed by atoms with Crippen molar-refractivity contribution in [2.24, 2.45) is 0 Å². The molecule has 1 aromatic heterocycles. The Kier molecular flexibility index (Phi) is 4.70. The third kappa shape index (κ3) is 3.68. The van der Waals surface area contributed by atoms with Crippen LogP contribution in [0.3, 0.4) is 0 Å². The second-order valence-electron chi connectivity index (χ2n) is 4.57. The highest BCUT2D eigenvalue weighted by molar-refractivity contribution is 5.92. The van der Waals surface area contributed by atoms with Crippen LogP contribution < -0.4 is 10.6 Å². The van der Waals surface area contributed by atoms with Gasteiger partial charge in [0, 0.05) is 12.7 Å². The minimum atomic E-state index is -1.11. The summed E-state index contributed by atoms with van der Waals surface area (Å²) in [6, 6.07) is 4.25. The largest absolute Gasteiger partial charge is 0.465 e. The predicted octanol–water partition coefficient (Wildman–Crippen LogP) is 0.0275. The fraction of sp³-hybridized carbons (Fsp3) is 0.385. The number of rotatable bonds is 4. The first-order valence-corrected chi connectivity index (χ1v) is 6.56. The number of likely N-dealkylation sites (tertiary alicyclic amines) is 1. The second-order valence-corrected chi connectivity index (χ2v) is 4.57. The Morgan fingerprint density at radius 2 is 2.14 bits per heavy atom. The second kappa shape index (κ2) is 6.69. The Hall–Kier alpha value is -2.64. The van der Waals surface area contributed by atoms with E-state index in [1.54, 1.807) is 18.2 Å². The molecule has 8 heteroatoms. The zero-order valence-corrected chi connectivity index (χ0v) is 11.3. The number of amides is 3. The van der Waals surface area contributed by atoms with Gasteiger partial charge in [-0.05, 0) is 25.0 Å². The topological polar surface area (TPSA) is 112 Å². The average Bonchev–Trinajstić information content (AvgIpc) is 2.97. The monoisotopic (exact) mass is 292 g/mol. The maximum Gasteiger partial charge on any atom is 0.407 e. The summed E-state index contributed by atoms with van der Waals surface area (Å²) in [7, 11) is 0. The summed E-state index contributed by atoms with van der Waals surface area (Å²) in [6.07, 6.45) is 1.54. The zero-order chi connectivity index (χ0) is 15.2. The number of hydrogen-bond donors (Lipinski definition) is 3. The molecule has 2 heterocycles. The van der Waals surface area contributed by atoms with E-state index in [2.05, 4.69) is 15.6 Å². The molecule has 0 saturated carbocycles. The Morgan fingerprint density at radius 3 is 2.81 bits per heavy atom. The fourth-order valence-corrected chi connectivity index (χ4v) is 2.19. The molecule has 0 unspecified atom stereocenters. The van der Waals surface area contributed by atoms with Crippen LogP contribution in [0.2, 0.25) is 0 Å². The molecule has 1 fully saturated rings. The van der Waals surface area contributed by atoms with E-state index < -0.39 is 23.9 Å². The lowest BCUT2D eigenvalue weighted by Crippen LogP contribution is -2.48. The Labute approximate surface area is 121 Å². The molecule has 0 spiro atoms. The highest BCUT2D eigenvalue weighted by Gasteiger charge is 2.33. The molecular weight excluding hydrogens is 276 g/mol. The number of carboxylic acid groups (broad SMARTS) is 1. The third-order valence-corrected chi connectivity index (χ3v) is 3.21. The van der Waals surface area contributed by atoms with E-state index >= 15 is 0 Å². The van der Waals surface area contributed by atoms with E-state index in [9.17, 15) is 14.4 Å². The molecule has 3 amide bonds. The van der Waals surface area contributed by atoms with E-state index in [0.29, 0.717) is 19.4 Å². The van der Waals surface area contributed by atoms with E-state index in [-0.39, 0.29) is 12.4 Å². The van der Waals surface area contributed by atoms with Crippen LogP contribution in [0.25, 0.3) is 0 Å². The van der Waals surface area contributed by atoms with Gasteiger partial charge in [0.05, 0.1) is 6.67 Å². The van der Waals surface area contributed by atoms with Crippen molar-refractivity contribution in [3.63, 3.8) is 0 Å². The molecule has 1 aliphatic heterocycles. The number of carbonyl (C=O) groups excluding carboxylic acids is 2. The Balaban J connectivity index is 1.79.